The summed E-state index contributed by atoms with van der Waals surface area (Å²) in [6.07, 6.45) is 1.83. The summed E-state index contributed by atoms with van der Waals surface area (Å²) in [5.41, 5.74) is 3.31. The van der Waals surface area contributed by atoms with Gasteiger partial charge in [0.15, 0.2) is 0 Å². The van der Waals surface area contributed by atoms with Crippen molar-refractivity contribution in [2.75, 3.05) is 0 Å². The Morgan fingerprint density at radius 1 is 0.933 bits per heavy atom. The molecule has 2 aromatic rings. The van der Waals surface area contributed by atoms with Crippen LogP contribution in [-0.4, -0.2) is 0 Å². The molecule has 0 aliphatic carbocycles. The minimum Gasteiger partial charge on any atom is -0.0985 e. The summed E-state index contributed by atoms with van der Waals surface area (Å²) in [5, 5.41) is 0.781. The Hall–Kier alpha value is -1.53. The van der Waals surface area contributed by atoms with Gasteiger partial charge in [-0.1, -0.05) is 66.7 Å². The first-order valence-corrected chi connectivity index (χ1v) is 5.16. The lowest BCUT2D eigenvalue weighted by Gasteiger charge is -2.04. The van der Waals surface area contributed by atoms with Crippen LogP contribution in [0.5, 0.6) is 0 Å². The second kappa shape index (κ2) is 4.33. The smallest absolute Gasteiger partial charge is 0.0484 e. The molecule has 0 unspecified atom stereocenters. The third-order valence-corrected chi connectivity index (χ3v) is 2.66. The van der Waals surface area contributed by atoms with Gasteiger partial charge in [0, 0.05) is 10.6 Å². The molecule has 0 fully saturated rings. The Bertz CT molecular complexity index is 469. The third kappa shape index (κ3) is 2.11. The molecule has 0 spiro atoms. The van der Waals surface area contributed by atoms with Crippen molar-refractivity contribution >= 4 is 17.7 Å². The first kappa shape index (κ1) is 10.0. The van der Waals surface area contributed by atoms with E-state index in [0.717, 1.165) is 21.7 Å². The van der Waals surface area contributed by atoms with E-state index in [1.807, 2.05) is 42.5 Å². The van der Waals surface area contributed by atoms with Crippen LogP contribution in [0.3, 0.4) is 0 Å². The summed E-state index contributed by atoms with van der Waals surface area (Å²) >= 11 is 6.11. The fourth-order valence-corrected chi connectivity index (χ4v) is 1.74. The first-order valence-electron chi connectivity index (χ1n) is 4.78. The van der Waals surface area contributed by atoms with Gasteiger partial charge in [-0.3, -0.25) is 0 Å². The molecule has 0 N–H and O–H groups in total. The van der Waals surface area contributed by atoms with Crippen molar-refractivity contribution < 1.29 is 0 Å². The number of rotatable bonds is 2. The quantitative estimate of drug-likeness (QED) is 0.683. The van der Waals surface area contributed by atoms with Crippen LogP contribution in [0.15, 0.2) is 55.1 Å². The van der Waals surface area contributed by atoms with Gasteiger partial charge in [-0.25, -0.2) is 0 Å². The molecule has 0 nitrogen and oxygen atoms in total. The van der Waals surface area contributed by atoms with Gasteiger partial charge >= 0.3 is 0 Å². The van der Waals surface area contributed by atoms with Gasteiger partial charge < -0.3 is 0 Å². The fraction of sp³-hybridized carbons (Fsp3) is 0. The van der Waals surface area contributed by atoms with Crippen LogP contribution in [0.1, 0.15) is 5.56 Å². The molecule has 0 atom stereocenters. The molecule has 2 aromatic carbocycles. The van der Waals surface area contributed by atoms with E-state index in [0.29, 0.717) is 0 Å². The Morgan fingerprint density at radius 2 is 1.60 bits per heavy atom. The van der Waals surface area contributed by atoms with Gasteiger partial charge in [0.25, 0.3) is 0 Å². The monoisotopic (exact) mass is 214 g/mol. The zero-order chi connectivity index (χ0) is 10.7. The van der Waals surface area contributed by atoms with E-state index in [-0.39, 0.29) is 0 Å². The maximum absolute atomic E-state index is 6.11. The number of benzene rings is 2. The van der Waals surface area contributed by atoms with Crippen LogP contribution in [0.2, 0.25) is 5.02 Å². The van der Waals surface area contributed by atoms with E-state index in [4.69, 9.17) is 11.6 Å². The topological polar surface area (TPSA) is 0 Å². The molecule has 2 rings (SSSR count). The van der Waals surface area contributed by atoms with Gasteiger partial charge in [-0.2, -0.15) is 0 Å². The zero-order valence-electron chi connectivity index (χ0n) is 8.28. The third-order valence-electron chi connectivity index (χ3n) is 2.33. The van der Waals surface area contributed by atoms with Crippen molar-refractivity contribution in [1.29, 1.82) is 0 Å². The lowest BCUT2D eigenvalue weighted by molar-refractivity contribution is 1.60. The molecule has 1 heteroatoms. The van der Waals surface area contributed by atoms with Crippen LogP contribution in [0, 0.1) is 0 Å². The van der Waals surface area contributed by atoms with Crippen molar-refractivity contribution in [2.45, 2.75) is 0 Å². The molecule has 0 heterocycles. The molecule has 15 heavy (non-hydrogen) atoms. The van der Waals surface area contributed by atoms with Gasteiger partial charge in [0.05, 0.1) is 0 Å². The lowest BCUT2D eigenvalue weighted by Crippen LogP contribution is -1.79. The van der Waals surface area contributed by atoms with E-state index >= 15 is 0 Å². The van der Waals surface area contributed by atoms with Crippen molar-refractivity contribution in [2.24, 2.45) is 0 Å². The van der Waals surface area contributed by atoms with Crippen LogP contribution in [0.4, 0.5) is 0 Å². The Morgan fingerprint density at radius 3 is 2.20 bits per heavy atom. The molecule has 0 saturated carbocycles. The van der Waals surface area contributed by atoms with Crippen LogP contribution < -0.4 is 0 Å². The largest absolute Gasteiger partial charge is 0.0985 e. The Labute approximate surface area is 94.8 Å². The molecular formula is C14H11Cl. The van der Waals surface area contributed by atoms with Crippen molar-refractivity contribution in [3.8, 4) is 11.1 Å². The van der Waals surface area contributed by atoms with E-state index in [1.165, 1.54) is 0 Å². The molecule has 0 radical (unpaired) electrons. The minimum absolute atomic E-state index is 0.781. The van der Waals surface area contributed by atoms with Crippen LogP contribution >= 0.6 is 11.6 Å². The maximum atomic E-state index is 6.11. The van der Waals surface area contributed by atoms with Gasteiger partial charge in [-0.05, 0) is 17.2 Å². The molecule has 0 aliphatic heterocycles. The lowest BCUT2D eigenvalue weighted by atomic mass is 10.0. The Balaban J connectivity index is 2.46. The molecule has 0 aromatic heterocycles. The van der Waals surface area contributed by atoms with Crippen molar-refractivity contribution in [1.82, 2.24) is 0 Å². The zero-order valence-corrected chi connectivity index (χ0v) is 9.04. The normalized spacial score (nSPS) is 9.93. The van der Waals surface area contributed by atoms with E-state index in [9.17, 15) is 0 Å². The van der Waals surface area contributed by atoms with Crippen LogP contribution in [0.25, 0.3) is 17.2 Å². The SMILES string of the molecule is C=Cc1ccc(-c2ccccc2Cl)cc1. The standard InChI is InChI=1S/C14H11Cl/c1-2-11-7-9-12(10-8-11)13-5-3-4-6-14(13)15/h2-10H,1H2. The summed E-state index contributed by atoms with van der Waals surface area (Å²) in [6.45, 7) is 3.72. The number of hydrogen-bond acceptors (Lipinski definition) is 0. The second-order valence-electron chi connectivity index (χ2n) is 3.31. The maximum Gasteiger partial charge on any atom is 0.0484 e. The van der Waals surface area contributed by atoms with E-state index in [1.54, 1.807) is 0 Å². The molecule has 74 valence electrons. The summed E-state index contributed by atoms with van der Waals surface area (Å²) < 4.78 is 0. The highest BCUT2D eigenvalue weighted by atomic mass is 35.5. The van der Waals surface area contributed by atoms with Gasteiger partial charge in [0.2, 0.25) is 0 Å². The first-order chi connectivity index (χ1) is 7.31. The average Bonchev–Trinajstić information content (AvgIpc) is 2.30. The van der Waals surface area contributed by atoms with Crippen LogP contribution in [-0.2, 0) is 0 Å². The van der Waals surface area contributed by atoms with E-state index < -0.39 is 0 Å². The van der Waals surface area contributed by atoms with E-state index in [2.05, 4.69) is 18.7 Å². The van der Waals surface area contributed by atoms with Crippen molar-refractivity contribution in [3.63, 3.8) is 0 Å². The average molecular weight is 215 g/mol. The fourth-order valence-electron chi connectivity index (χ4n) is 1.49. The number of hydrogen-bond donors (Lipinski definition) is 0. The van der Waals surface area contributed by atoms with Gasteiger partial charge in [0.1, 0.15) is 0 Å². The highest BCUT2D eigenvalue weighted by molar-refractivity contribution is 6.33. The Kier molecular flexibility index (Phi) is 2.89. The minimum atomic E-state index is 0.781. The second-order valence-corrected chi connectivity index (χ2v) is 3.71. The molecular weight excluding hydrogens is 204 g/mol. The highest BCUT2D eigenvalue weighted by Crippen LogP contribution is 2.27. The predicted molar refractivity (Wildman–Crippen MR) is 67.0 cm³/mol. The summed E-state index contributed by atoms with van der Waals surface area (Å²) in [7, 11) is 0. The number of halogens is 1. The molecule has 0 bridgehead atoms. The molecule has 0 aliphatic rings. The van der Waals surface area contributed by atoms with Gasteiger partial charge in [-0.15, -0.1) is 0 Å². The summed E-state index contributed by atoms with van der Waals surface area (Å²) in [6, 6.07) is 16.0. The molecule has 0 saturated heterocycles. The van der Waals surface area contributed by atoms with Crippen molar-refractivity contribution in [3.05, 3.63) is 65.7 Å². The predicted octanol–water partition coefficient (Wildman–Crippen LogP) is 4.65. The summed E-state index contributed by atoms with van der Waals surface area (Å²) in [4.78, 5) is 0. The molecule has 0 amide bonds. The summed E-state index contributed by atoms with van der Waals surface area (Å²) in [5.74, 6) is 0. The highest BCUT2D eigenvalue weighted by Gasteiger charge is 2.00.